The van der Waals surface area contributed by atoms with Crippen LogP contribution < -0.4 is 14.8 Å². The third-order valence-corrected chi connectivity index (χ3v) is 2.59. The topological polar surface area (TPSA) is 91.6 Å². The number of aliphatic hydroxyl groups excluding tert-OH is 1. The van der Waals surface area contributed by atoms with Crippen molar-refractivity contribution in [3.63, 3.8) is 0 Å². The number of amides is 1. The van der Waals surface area contributed by atoms with Crippen LogP contribution in [-0.2, 0) is 4.79 Å². The normalized spacial score (nSPS) is 11.3. The maximum atomic E-state index is 11.5. The zero-order valence-corrected chi connectivity index (χ0v) is 11.5. The van der Waals surface area contributed by atoms with Gasteiger partial charge in [-0.25, -0.2) is 0 Å². The molecule has 0 aliphatic rings. The molecule has 0 aromatic heterocycles. The Morgan fingerprint density at radius 3 is 2.90 bits per heavy atom. The number of carbonyl (C=O) groups is 1. The average molecular weight is 278 g/mol. The van der Waals surface area contributed by atoms with Crippen molar-refractivity contribution in [3.8, 4) is 17.6 Å². The van der Waals surface area contributed by atoms with Crippen LogP contribution in [0.2, 0.25) is 0 Å². The van der Waals surface area contributed by atoms with Crippen molar-refractivity contribution < 1.29 is 19.4 Å². The quantitative estimate of drug-likeness (QED) is 0.730. The van der Waals surface area contributed by atoms with E-state index in [-0.39, 0.29) is 18.9 Å². The Morgan fingerprint density at radius 1 is 1.55 bits per heavy atom. The molecule has 0 saturated heterocycles. The predicted molar refractivity (Wildman–Crippen MR) is 72.4 cm³/mol. The molecule has 6 nitrogen and oxygen atoms in total. The zero-order valence-electron chi connectivity index (χ0n) is 11.5. The lowest BCUT2D eigenvalue weighted by molar-refractivity contribution is -0.123. The monoisotopic (exact) mass is 278 g/mol. The van der Waals surface area contributed by atoms with E-state index in [1.54, 1.807) is 25.1 Å². The van der Waals surface area contributed by atoms with Crippen LogP contribution in [0.5, 0.6) is 11.5 Å². The minimum atomic E-state index is -0.711. The molecule has 0 saturated carbocycles. The molecule has 0 aliphatic carbocycles. The van der Waals surface area contributed by atoms with Crippen molar-refractivity contribution in [1.82, 2.24) is 5.32 Å². The van der Waals surface area contributed by atoms with Gasteiger partial charge in [0, 0.05) is 18.2 Å². The molecule has 2 N–H and O–H groups in total. The van der Waals surface area contributed by atoms with Crippen LogP contribution in [0.25, 0.3) is 0 Å². The van der Waals surface area contributed by atoms with Crippen molar-refractivity contribution >= 4 is 5.91 Å². The van der Waals surface area contributed by atoms with Crippen LogP contribution in [0.1, 0.15) is 25.0 Å². The molecule has 0 aliphatic heterocycles. The summed E-state index contributed by atoms with van der Waals surface area (Å²) in [5, 5.41) is 20.6. The molecule has 1 aromatic carbocycles. The maximum absolute atomic E-state index is 11.5. The highest BCUT2D eigenvalue weighted by Gasteiger charge is 2.12. The molecule has 0 spiro atoms. The molecular weight excluding hydrogens is 260 g/mol. The van der Waals surface area contributed by atoms with Gasteiger partial charge in [-0.15, -0.1) is 0 Å². The number of nitriles is 1. The second kappa shape index (κ2) is 8.02. The zero-order chi connectivity index (χ0) is 15.0. The Hall–Kier alpha value is -2.26. The van der Waals surface area contributed by atoms with Crippen LogP contribution in [-0.4, -0.2) is 31.3 Å². The van der Waals surface area contributed by atoms with E-state index in [4.69, 9.17) is 14.7 Å². The summed E-state index contributed by atoms with van der Waals surface area (Å²) in [5.41, 5.74) is 0.579. The van der Waals surface area contributed by atoms with Crippen molar-refractivity contribution in [1.29, 1.82) is 5.26 Å². The van der Waals surface area contributed by atoms with Crippen LogP contribution in [0.15, 0.2) is 18.2 Å². The van der Waals surface area contributed by atoms with Gasteiger partial charge < -0.3 is 19.9 Å². The molecule has 0 heterocycles. The highest BCUT2D eigenvalue weighted by molar-refractivity contribution is 5.77. The van der Waals surface area contributed by atoms with E-state index < -0.39 is 6.10 Å². The minimum absolute atomic E-state index is 0.182. The molecule has 1 aromatic rings. The van der Waals surface area contributed by atoms with Crippen LogP contribution in [0.4, 0.5) is 0 Å². The summed E-state index contributed by atoms with van der Waals surface area (Å²) in [6.45, 7) is 1.72. The standard InChI is InChI=1S/C14H18N2O4/c1-10(17)12-5-4-11(19-2)8-13(12)20-9-14(18)16-7-3-6-15/h4-5,8,10,17H,3,7,9H2,1-2H3,(H,16,18)/t10-/m0/s1. The lowest BCUT2D eigenvalue weighted by Crippen LogP contribution is -2.29. The Morgan fingerprint density at radius 2 is 2.30 bits per heavy atom. The summed E-state index contributed by atoms with van der Waals surface area (Å²) in [6.07, 6.45) is -0.457. The van der Waals surface area contributed by atoms with Gasteiger partial charge in [-0.1, -0.05) is 0 Å². The summed E-state index contributed by atoms with van der Waals surface area (Å²) in [7, 11) is 1.52. The molecule has 0 fully saturated rings. The highest BCUT2D eigenvalue weighted by Crippen LogP contribution is 2.29. The van der Waals surface area contributed by atoms with Crippen LogP contribution >= 0.6 is 0 Å². The number of benzene rings is 1. The average Bonchev–Trinajstić information content (AvgIpc) is 2.44. The van der Waals surface area contributed by atoms with Crippen molar-refractivity contribution in [2.24, 2.45) is 0 Å². The Kier molecular flexibility index (Phi) is 6.33. The molecule has 0 radical (unpaired) electrons. The first-order chi connectivity index (χ1) is 9.58. The summed E-state index contributed by atoms with van der Waals surface area (Å²) in [4.78, 5) is 11.5. The van der Waals surface area contributed by atoms with Crippen LogP contribution in [0, 0.1) is 11.3 Å². The summed E-state index contributed by atoms with van der Waals surface area (Å²) in [6, 6.07) is 6.94. The molecule has 6 heteroatoms. The predicted octanol–water partition coefficient (Wildman–Crippen LogP) is 1.16. The number of aliphatic hydroxyl groups is 1. The fourth-order valence-corrected chi connectivity index (χ4v) is 1.56. The number of hydrogen-bond acceptors (Lipinski definition) is 5. The lowest BCUT2D eigenvalue weighted by Gasteiger charge is -2.14. The number of rotatable bonds is 7. The van der Waals surface area contributed by atoms with Crippen molar-refractivity contribution in [2.45, 2.75) is 19.4 Å². The Labute approximate surface area is 117 Å². The molecule has 1 rings (SSSR count). The third-order valence-electron chi connectivity index (χ3n) is 2.59. The summed E-state index contributed by atoms with van der Waals surface area (Å²) in [5.74, 6) is 0.656. The van der Waals surface area contributed by atoms with E-state index in [1.165, 1.54) is 7.11 Å². The summed E-state index contributed by atoms with van der Waals surface area (Å²) >= 11 is 0. The maximum Gasteiger partial charge on any atom is 0.257 e. The van der Waals surface area contributed by atoms with Gasteiger partial charge in [-0.2, -0.15) is 5.26 Å². The van der Waals surface area contributed by atoms with Gasteiger partial charge in [-0.05, 0) is 19.1 Å². The number of nitrogens with zero attached hydrogens (tertiary/aromatic N) is 1. The number of methoxy groups -OCH3 is 1. The van der Waals surface area contributed by atoms with Gasteiger partial charge >= 0.3 is 0 Å². The molecule has 0 unspecified atom stereocenters. The van der Waals surface area contributed by atoms with E-state index in [0.29, 0.717) is 23.6 Å². The van der Waals surface area contributed by atoms with Gasteiger partial charge in [-0.3, -0.25) is 4.79 Å². The van der Waals surface area contributed by atoms with Crippen molar-refractivity contribution in [2.75, 3.05) is 20.3 Å². The molecular formula is C14H18N2O4. The van der Waals surface area contributed by atoms with E-state index in [2.05, 4.69) is 5.32 Å². The largest absolute Gasteiger partial charge is 0.497 e. The second-order valence-electron chi connectivity index (χ2n) is 4.13. The smallest absolute Gasteiger partial charge is 0.257 e. The van der Waals surface area contributed by atoms with Gasteiger partial charge in [0.25, 0.3) is 5.91 Å². The number of ether oxygens (including phenoxy) is 2. The van der Waals surface area contributed by atoms with Crippen LogP contribution in [0.3, 0.4) is 0 Å². The van der Waals surface area contributed by atoms with Crippen molar-refractivity contribution in [3.05, 3.63) is 23.8 Å². The number of carbonyl (C=O) groups excluding carboxylic acids is 1. The van der Waals surface area contributed by atoms with E-state index in [9.17, 15) is 9.90 Å². The lowest BCUT2D eigenvalue weighted by atomic mass is 10.1. The van der Waals surface area contributed by atoms with E-state index in [0.717, 1.165) is 0 Å². The van der Waals surface area contributed by atoms with Gasteiger partial charge in [0.05, 0.1) is 25.7 Å². The first kappa shape index (κ1) is 15.8. The number of hydrogen-bond donors (Lipinski definition) is 2. The molecule has 108 valence electrons. The minimum Gasteiger partial charge on any atom is -0.497 e. The second-order valence-corrected chi connectivity index (χ2v) is 4.13. The Balaban J connectivity index is 2.66. The highest BCUT2D eigenvalue weighted by atomic mass is 16.5. The summed E-state index contributed by atoms with van der Waals surface area (Å²) < 4.78 is 10.5. The van der Waals surface area contributed by atoms with E-state index in [1.807, 2.05) is 6.07 Å². The van der Waals surface area contributed by atoms with E-state index >= 15 is 0 Å². The first-order valence-corrected chi connectivity index (χ1v) is 6.21. The number of nitrogens with one attached hydrogen (secondary N) is 1. The first-order valence-electron chi connectivity index (χ1n) is 6.21. The molecule has 1 atom stereocenters. The fourth-order valence-electron chi connectivity index (χ4n) is 1.56. The fraction of sp³-hybridized carbons (Fsp3) is 0.429. The van der Waals surface area contributed by atoms with Gasteiger partial charge in [0.2, 0.25) is 0 Å². The SMILES string of the molecule is COc1ccc([C@H](C)O)c(OCC(=O)NCCC#N)c1. The molecule has 20 heavy (non-hydrogen) atoms. The van der Waals surface area contributed by atoms with Gasteiger partial charge in [0.1, 0.15) is 11.5 Å². The van der Waals surface area contributed by atoms with Gasteiger partial charge in [0.15, 0.2) is 6.61 Å². The molecule has 0 bridgehead atoms. The third kappa shape index (κ3) is 4.78. The molecule has 1 amide bonds. The Bertz CT molecular complexity index is 494.